The highest BCUT2D eigenvalue weighted by molar-refractivity contribution is 9.10. The fraction of sp³-hybridized carbons (Fsp3) is 0.200. The predicted octanol–water partition coefficient (Wildman–Crippen LogP) is 4.34. The van der Waals surface area contributed by atoms with Gasteiger partial charge in [-0.25, -0.2) is 8.78 Å². The highest BCUT2D eigenvalue weighted by Gasteiger charge is 2.19. The summed E-state index contributed by atoms with van der Waals surface area (Å²) < 4.78 is 28.2. The molecule has 0 amide bonds. The number of halogens is 3. The minimum absolute atomic E-state index is 0.313. The van der Waals surface area contributed by atoms with Crippen molar-refractivity contribution in [2.24, 2.45) is 0 Å². The molecule has 1 unspecified atom stereocenters. The largest absolute Gasteiger partial charge is 0.309 e. The maximum Gasteiger partial charge on any atom is 0.163 e. The minimum atomic E-state index is -0.826. The highest BCUT2D eigenvalue weighted by atomic mass is 79.9. The Morgan fingerprint density at radius 1 is 1.11 bits per heavy atom. The minimum Gasteiger partial charge on any atom is -0.309 e. The Labute approximate surface area is 119 Å². The summed E-state index contributed by atoms with van der Waals surface area (Å²) in [4.78, 5) is 0. The van der Waals surface area contributed by atoms with Crippen molar-refractivity contribution < 1.29 is 8.78 Å². The van der Waals surface area contributed by atoms with Crippen LogP contribution in [0.3, 0.4) is 0 Å². The molecule has 1 nitrogen and oxygen atoms in total. The van der Waals surface area contributed by atoms with Gasteiger partial charge in [-0.05, 0) is 43.3 Å². The van der Waals surface area contributed by atoms with Crippen molar-refractivity contribution in [3.63, 3.8) is 0 Å². The Bertz CT molecular complexity index is 599. The van der Waals surface area contributed by atoms with Gasteiger partial charge in [0, 0.05) is 10.0 Å². The van der Waals surface area contributed by atoms with Crippen LogP contribution in [0.1, 0.15) is 22.7 Å². The Hall–Kier alpha value is -1.26. The van der Waals surface area contributed by atoms with Gasteiger partial charge in [0.1, 0.15) is 0 Å². The second-order valence-corrected chi connectivity index (χ2v) is 5.28. The van der Waals surface area contributed by atoms with Gasteiger partial charge in [-0.15, -0.1) is 0 Å². The van der Waals surface area contributed by atoms with Crippen LogP contribution in [-0.2, 0) is 0 Å². The first-order chi connectivity index (χ1) is 9.04. The third-order valence-electron chi connectivity index (χ3n) is 3.12. The lowest BCUT2D eigenvalue weighted by molar-refractivity contribution is 0.487. The van der Waals surface area contributed by atoms with E-state index in [1.807, 2.05) is 25.1 Å². The fourth-order valence-electron chi connectivity index (χ4n) is 2.18. The van der Waals surface area contributed by atoms with Gasteiger partial charge >= 0.3 is 0 Å². The Morgan fingerprint density at radius 3 is 2.47 bits per heavy atom. The Morgan fingerprint density at radius 2 is 1.84 bits per heavy atom. The van der Waals surface area contributed by atoms with E-state index in [-0.39, 0.29) is 6.04 Å². The molecule has 0 bridgehead atoms. The SMILES string of the molecule is CNC(c1ccc(Br)cc1C)c1cccc(F)c1F. The first kappa shape index (κ1) is 14.2. The third-order valence-corrected chi connectivity index (χ3v) is 3.62. The molecule has 0 spiro atoms. The van der Waals surface area contributed by atoms with Crippen LogP contribution < -0.4 is 5.32 Å². The number of rotatable bonds is 3. The molecular weight excluding hydrogens is 312 g/mol. The van der Waals surface area contributed by atoms with Crippen LogP contribution in [-0.4, -0.2) is 7.05 Å². The lowest BCUT2D eigenvalue weighted by Crippen LogP contribution is -2.20. The van der Waals surface area contributed by atoms with Crippen LogP contribution in [0.15, 0.2) is 40.9 Å². The number of hydrogen-bond acceptors (Lipinski definition) is 1. The second-order valence-electron chi connectivity index (χ2n) is 4.37. The van der Waals surface area contributed by atoms with Gasteiger partial charge in [-0.2, -0.15) is 0 Å². The smallest absolute Gasteiger partial charge is 0.163 e. The van der Waals surface area contributed by atoms with E-state index in [9.17, 15) is 8.78 Å². The zero-order valence-electron chi connectivity index (χ0n) is 10.7. The second kappa shape index (κ2) is 5.80. The molecule has 2 rings (SSSR count). The molecule has 0 aliphatic rings. The van der Waals surface area contributed by atoms with Gasteiger partial charge in [0.15, 0.2) is 11.6 Å². The molecule has 1 N–H and O–H groups in total. The molecule has 0 aromatic heterocycles. The monoisotopic (exact) mass is 325 g/mol. The van der Waals surface area contributed by atoms with Gasteiger partial charge in [0.05, 0.1) is 6.04 Å². The van der Waals surface area contributed by atoms with Gasteiger partial charge in [-0.1, -0.05) is 34.1 Å². The molecule has 0 radical (unpaired) electrons. The maximum absolute atomic E-state index is 13.9. The third kappa shape index (κ3) is 2.85. The van der Waals surface area contributed by atoms with Crippen molar-refractivity contribution in [1.82, 2.24) is 5.32 Å². The summed E-state index contributed by atoms with van der Waals surface area (Å²) in [6.07, 6.45) is 0. The zero-order valence-corrected chi connectivity index (χ0v) is 12.3. The molecule has 1 atom stereocenters. The lowest BCUT2D eigenvalue weighted by Gasteiger charge is -2.20. The van der Waals surface area contributed by atoms with E-state index in [1.54, 1.807) is 13.1 Å². The van der Waals surface area contributed by atoms with Crippen molar-refractivity contribution in [2.45, 2.75) is 13.0 Å². The van der Waals surface area contributed by atoms with E-state index < -0.39 is 11.6 Å². The molecular formula is C15H14BrF2N. The van der Waals surface area contributed by atoms with Crippen LogP contribution in [0.25, 0.3) is 0 Å². The molecule has 0 saturated heterocycles. The van der Waals surface area contributed by atoms with Crippen LogP contribution in [0.4, 0.5) is 8.78 Å². The summed E-state index contributed by atoms with van der Waals surface area (Å²) in [5.41, 5.74) is 2.25. The Kier molecular flexibility index (Phi) is 4.32. The summed E-state index contributed by atoms with van der Waals surface area (Å²) in [5, 5.41) is 3.04. The Balaban J connectivity index is 2.53. The molecule has 0 fully saturated rings. The van der Waals surface area contributed by atoms with Crippen molar-refractivity contribution in [1.29, 1.82) is 0 Å². The van der Waals surface area contributed by atoms with E-state index in [1.165, 1.54) is 6.07 Å². The number of hydrogen-bond donors (Lipinski definition) is 1. The first-order valence-electron chi connectivity index (χ1n) is 5.92. The lowest BCUT2D eigenvalue weighted by atomic mass is 9.94. The van der Waals surface area contributed by atoms with Crippen LogP contribution >= 0.6 is 15.9 Å². The number of benzene rings is 2. The summed E-state index contributed by atoms with van der Waals surface area (Å²) in [7, 11) is 1.73. The van der Waals surface area contributed by atoms with Crippen LogP contribution in [0.2, 0.25) is 0 Å². The van der Waals surface area contributed by atoms with Gasteiger partial charge < -0.3 is 5.32 Å². The molecule has 19 heavy (non-hydrogen) atoms. The average molecular weight is 326 g/mol. The normalized spacial score (nSPS) is 12.5. The van der Waals surface area contributed by atoms with Gasteiger partial charge in [0.2, 0.25) is 0 Å². The van der Waals surface area contributed by atoms with Crippen molar-refractivity contribution in [2.75, 3.05) is 7.05 Å². The topological polar surface area (TPSA) is 12.0 Å². The van der Waals surface area contributed by atoms with Gasteiger partial charge in [-0.3, -0.25) is 0 Å². The van der Waals surface area contributed by atoms with Crippen molar-refractivity contribution >= 4 is 15.9 Å². The average Bonchev–Trinajstić information content (AvgIpc) is 2.37. The van der Waals surface area contributed by atoms with E-state index in [2.05, 4.69) is 21.2 Å². The molecule has 2 aromatic carbocycles. The first-order valence-corrected chi connectivity index (χ1v) is 6.71. The predicted molar refractivity (Wildman–Crippen MR) is 76.1 cm³/mol. The highest BCUT2D eigenvalue weighted by Crippen LogP contribution is 2.29. The fourth-order valence-corrected chi connectivity index (χ4v) is 2.66. The number of aryl methyl sites for hydroxylation is 1. The summed E-state index contributed by atoms with van der Waals surface area (Å²) in [6, 6.07) is 9.63. The van der Waals surface area contributed by atoms with E-state index >= 15 is 0 Å². The summed E-state index contributed by atoms with van der Waals surface area (Å²) in [5.74, 6) is -1.63. The van der Waals surface area contributed by atoms with E-state index in [0.717, 1.165) is 21.7 Å². The zero-order chi connectivity index (χ0) is 14.0. The summed E-state index contributed by atoms with van der Waals surface area (Å²) in [6.45, 7) is 1.95. The molecule has 0 heterocycles. The van der Waals surface area contributed by atoms with Crippen LogP contribution in [0.5, 0.6) is 0 Å². The standard InChI is InChI=1S/C15H14BrF2N/c1-9-8-10(16)6-7-11(9)15(19-2)12-4-3-5-13(17)14(12)18/h3-8,15,19H,1-2H3. The number of nitrogens with one attached hydrogen (secondary N) is 1. The summed E-state index contributed by atoms with van der Waals surface area (Å²) >= 11 is 3.40. The quantitative estimate of drug-likeness (QED) is 0.884. The molecule has 0 aliphatic heterocycles. The maximum atomic E-state index is 13.9. The van der Waals surface area contributed by atoms with Crippen molar-refractivity contribution in [3.05, 3.63) is 69.2 Å². The van der Waals surface area contributed by atoms with E-state index in [4.69, 9.17) is 0 Å². The van der Waals surface area contributed by atoms with Gasteiger partial charge in [0.25, 0.3) is 0 Å². The molecule has 4 heteroatoms. The van der Waals surface area contributed by atoms with E-state index in [0.29, 0.717) is 5.56 Å². The molecule has 0 saturated carbocycles. The van der Waals surface area contributed by atoms with Crippen LogP contribution in [0, 0.1) is 18.6 Å². The molecule has 100 valence electrons. The molecule has 0 aliphatic carbocycles. The molecule has 2 aromatic rings. The van der Waals surface area contributed by atoms with Crippen molar-refractivity contribution in [3.8, 4) is 0 Å².